The third-order valence-electron chi connectivity index (χ3n) is 3.34. The Balaban J connectivity index is 2.70. The van der Waals surface area contributed by atoms with Gasteiger partial charge in [-0.25, -0.2) is 0 Å². The van der Waals surface area contributed by atoms with Crippen LogP contribution in [0.4, 0.5) is 0 Å². The SMILES string of the molecule is CCN(CC(C)C(N)=NO)C(=O)Cc1cccc(OC)c1. The quantitative estimate of drug-likeness (QED) is 0.345. The highest BCUT2D eigenvalue weighted by molar-refractivity contribution is 5.83. The van der Waals surface area contributed by atoms with Gasteiger partial charge in [-0.15, -0.1) is 0 Å². The minimum atomic E-state index is -0.191. The topological polar surface area (TPSA) is 88.1 Å². The van der Waals surface area contributed by atoms with Crippen LogP contribution >= 0.6 is 0 Å². The van der Waals surface area contributed by atoms with Crippen molar-refractivity contribution in [3.63, 3.8) is 0 Å². The highest BCUT2D eigenvalue weighted by Gasteiger charge is 2.17. The molecule has 6 heteroatoms. The maximum Gasteiger partial charge on any atom is 0.227 e. The molecule has 1 amide bonds. The van der Waals surface area contributed by atoms with Crippen LogP contribution in [0.3, 0.4) is 0 Å². The van der Waals surface area contributed by atoms with Crippen molar-refractivity contribution in [3.8, 4) is 5.75 Å². The fourth-order valence-corrected chi connectivity index (χ4v) is 2.00. The van der Waals surface area contributed by atoms with E-state index in [1.54, 1.807) is 12.0 Å². The van der Waals surface area contributed by atoms with Gasteiger partial charge in [-0.1, -0.05) is 24.2 Å². The third kappa shape index (κ3) is 4.98. The van der Waals surface area contributed by atoms with Crippen molar-refractivity contribution >= 4 is 11.7 Å². The first-order chi connectivity index (χ1) is 10.0. The first kappa shape index (κ1) is 16.8. The van der Waals surface area contributed by atoms with Gasteiger partial charge in [0.2, 0.25) is 5.91 Å². The van der Waals surface area contributed by atoms with E-state index in [-0.39, 0.29) is 17.7 Å². The predicted octanol–water partition coefficient (Wildman–Crippen LogP) is 1.47. The summed E-state index contributed by atoms with van der Waals surface area (Å²) in [5.74, 6) is 0.670. The van der Waals surface area contributed by atoms with Crippen molar-refractivity contribution in [2.24, 2.45) is 16.8 Å². The van der Waals surface area contributed by atoms with Crippen molar-refractivity contribution in [3.05, 3.63) is 29.8 Å². The second-order valence-corrected chi connectivity index (χ2v) is 4.89. The molecule has 1 aromatic rings. The van der Waals surface area contributed by atoms with Crippen LogP contribution in [0.2, 0.25) is 0 Å². The second-order valence-electron chi connectivity index (χ2n) is 4.89. The minimum Gasteiger partial charge on any atom is -0.497 e. The average Bonchev–Trinajstić information content (AvgIpc) is 2.51. The van der Waals surface area contributed by atoms with E-state index in [1.165, 1.54) is 0 Å². The monoisotopic (exact) mass is 293 g/mol. The van der Waals surface area contributed by atoms with Gasteiger partial charge in [-0.3, -0.25) is 4.79 Å². The number of amides is 1. The number of hydrogen-bond acceptors (Lipinski definition) is 4. The summed E-state index contributed by atoms with van der Waals surface area (Å²) < 4.78 is 5.15. The largest absolute Gasteiger partial charge is 0.497 e. The highest BCUT2D eigenvalue weighted by Crippen LogP contribution is 2.14. The molecule has 1 rings (SSSR count). The Hall–Kier alpha value is -2.24. The van der Waals surface area contributed by atoms with E-state index in [9.17, 15) is 4.79 Å². The molecule has 0 aromatic heterocycles. The van der Waals surface area contributed by atoms with Gasteiger partial charge in [0.25, 0.3) is 0 Å². The molecule has 0 fully saturated rings. The van der Waals surface area contributed by atoms with Gasteiger partial charge in [0.05, 0.1) is 13.5 Å². The molecule has 0 aliphatic rings. The predicted molar refractivity (Wildman–Crippen MR) is 81.5 cm³/mol. The summed E-state index contributed by atoms with van der Waals surface area (Å²) in [5.41, 5.74) is 6.45. The first-order valence-electron chi connectivity index (χ1n) is 6.89. The Morgan fingerprint density at radius 3 is 2.81 bits per heavy atom. The van der Waals surface area contributed by atoms with Crippen LogP contribution in [0.25, 0.3) is 0 Å². The molecule has 0 saturated carbocycles. The van der Waals surface area contributed by atoms with Crippen LogP contribution in [-0.4, -0.2) is 42.0 Å². The first-order valence-corrected chi connectivity index (χ1v) is 6.89. The van der Waals surface area contributed by atoms with Crippen LogP contribution in [0.5, 0.6) is 5.75 Å². The molecule has 0 saturated heterocycles. The zero-order chi connectivity index (χ0) is 15.8. The molecular formula is C15H23N3O3. The molecule has 0 aliphatic heterocycles. The lowest BCUT2D eigenvalue weighted by atomic mass is 10.1. The van der Waals surface area contributed by atoms with Crippen molar-refractivity contribution < 1.29 is 14.7 Å². The van der Waals surface area contributed by atoms with Gasteiger partial charge in [0.1, 0.15) is 11.6 Å². The number of ether oxygens (including phenoxy) is 1. The van der Waals surface area contributed by atoms with E-state index >= 15 is 0 Å². The minimum absolute atomic E-state index is 0.00310. The third-order valence-corrected chi connectivity index (χ3v) is 3.34. The smallest absolute Gasteiger partial charge is 0.227 e. The molecule has 3 N–H and O–H groups in total. The number of nitrogens with zero attached hydrogens (tertiary/aromatic N) is 2. The Labute approximate surface area is 125 Å². The van der Waals surface area contributed by atoms with E-state index in [4.69, 9.17) is 15.7 Å². The number of oxime groups is 1. The molecule has 0 heterocycles. The Kier molecular flexibility index (Phi) is 6.52. The molecule has 6 nitrogen and oxygen atoms in total. The average molecular weight is 293 g/mol. The number of amidine groups is 1. The highest BCUT2D eigenvalue weighted by atomic mass is 16.5. The summed E-state index contributed by atoms with van der Waals surface area (Å²) in [7, 11) is 1.60. The Morgan fingerprint density at radius 2 is 2.24 bits per heavy atom. The summed E-state index contributed by atoms with van der Waals surface area (Å²) in [6.45, 7) is 4.72. The van der Waals surface area contributed by atoms with Crippen LogP contribution < -0.4 is 10.5 Å². The molecule has 0 bridgehead atoms. The summed E-state index contributed by atoms with van der Waals surface area (Å²) >= 11 is 0. The molecule has 21 heavy (non-hydrogen) atoms. The number of rotatable bonds is 7. The van der Waals surface area contributed by atoms with Crippen molar-refractivity contribution in [1.82, 2.24) is 4.90 Å². The normalized spacial score (nSPS) is 12.8. The van der Waals surface area contributed by atoms with Gasteiger partial charge in [-0.2, -0.15) is 0 Å². The fourth-order valence-electron chi connectivity index (χ4n) is 2.00. The van der Waals surface area contributed by atoms with Crippen LogP contribution in [0.1, 0.15) is 19.4 Å². The molecule has 116 valence electrons. The van der Waals surface area contributed by atoms with Gasteiger partial charge >= 0.3 is 0 Å². The van der Waals surface area contributed by atoms with Crippen LogP contribution in [0.15, 0.2) is 29.4 Å². The molecule has 1 atom stereocenters. The molecule has 0 spiro atoms. The summed E-state index contributed by atoms with van der Waals surface area (Å²) in [4.78, 5) is 14.0. The number of benzene rings is 1. The number of likely N-dealkylation sites (N-methyl/N-ethyl adjacent to an activating group) is 1. The lowest BCUT2D eigenvalue weighted by Crippen LogP contribution is -2.39. The van der Waals surface area contributed by atoms with Crippen molar-refractivity contribution in [2.45, 2.75) is 20.3 Å². The zero-order valence-corrected chi connectivity index (χ0v) is 12.7. The summed E-state index contributed by atoms with van der Waals surface area (Å²) in [5, 5.41) is 11.6. The zero-order valence-electron chi connectivity index (χ0n) is 12.7. The summed E-state index contributed by atoms with van der Waals surface area (Å²) in [6, 6.07) is 7.43. The number of methoxy groups -OCH3 is 1. The molecule has 0 radical (unpaired) electrons. The van der Waals surface area contributed by atoms with Gasteiger partial charge in [-0.05, 0) is 24.6 Å². The van der Waals surface area contributed by atoms with Gasteiger partial charge in [0.15, 0.2) is 0 Å². The molecule has 1 unspecified atom stereocenters. The maximum absolute atomic E-state index is 12.3. The Bertz CT molecular complexity index is 503. The summed E-state index contributed by atoms with van der Waals surface area (Å²) in [6.07, 6.45) is 0.300. The van der Waals surface area contributed by atoms with Crippen LogP contribution in [0, 0.1) is 5.92 Å². The van der Waals surface area contributed by atoms with Gasteiger partial charge < -0.3 is 20.6 Å². The number of carbonyl (C=O) groups is 1. The van der Waals surface area contributed by atoms with Crippen molar-refractivity contribution in [1.29, 1.82) is 0 Å². The van der Waals surface area contributed by atoms with E-state index < -0.39 is 0 Å². The maximum atomic E-state index is 12.3. The van der Waals surface area contributed by atoms with Gasteiger partial charge in [0, 0.05) is 19.0 Å². The standard InChI is InChI=1S/C15H23N3O3/c1-4-18(10-11(2)15(16)17-20)14(19)9-12-6-5-7-13(8-12)21-3/h5-8,11,20H,4,9-10H2,1-3H3,(H2,16,17). The Morgan fingerprint density at radius 1 is 1.52 bits per heavy atom. The number of hydrogen-bond donors (Lipinski definition) is 2. The van der Waals surface area contributed by atoms with E-state index in [2.05, 4.69) is 5.16 Å². The van der Waals surface area contributed by atoms with E-state index in [0.717, 1.165) is 11.3 Å². The van der Waals surface area contributed by atoms with Crippen molar-refractivity contribution in [2.75, 3.05) is 20.2 Å². The lowest BCUT2D eigenvalue weighted by Gasteiger charge is -2.24. The molecule has 0 aliphatic carbocycles. The van der Waals surface area contributed by atoms with Crippen LogP contribution in [-0.2, 0) is 11.2 Å². The molecule has 1 aromatic carbocycles. The lowest BCUT2D eigenvalue weighted by molar-refractivity contribution is -0.130. The number of nitrogens with two attached hydrogens (primary N) is 1. The van der Waals surface area contributed by atoms with E-state index in [0.29, 0.717) is 19.5 Å². The fraction of sp³-hybridized carbons (Fsp3) is 0.467. The van der Waals surface area contributed by atoms with E-state index in [1.807, 2.05) is 38.1 Å². The number of carbonyl (C=O) groups excluding carboxylic acids is 1. The molecular weight excluding hydrogens is 270 g/mol. The second kappa shape index (κ2) is 8.14.